The number of ketones is 1. The van der Waals surface area contributed by atoms with E-state index in [1.807, 2.05) is 0 Å². The molecule has 9 heteroatoms. The Balaban J connectivity index is 2.36. The molecule has 1 atom stereocenters. The average Bonchev–Trinajstić information content (AvgIpc) is 2.67. The normalized spacial score (nSPS) is 11.4. The van der Waals surface area contributed by atoms with Gasteiger partial charge < -0.3 is 15.3 Å². The van der Waals surface area contributed by atoms with Gasteiger partial charge in [-0.3, -0.25) is 9.74 Å². The molecule has 1 unspecified atom stereocenters. The number of benzene rings is 2. The van der Waals surface area contributed by atoms with E-state index in [0.717, 1.165) is 6.92 Å². The summed E-state index contributed by atoms with van der Waals surface area (Å²) in [5.74, 6) is -2.79. The van der Waals surface area contributed by atoms with E-state index < -0.39 is 23.8 Å². The summed E-state index contributed by atoms with van der Waals surface area (Å²) in [4.78, 5) is 37.0. The minimum atomic E-state index is -1.56. The summed E-state index contributed by atoms with van der Waals surface area (Å²) in [5, 5.41) is 9.15. The number of rotatable bonds is 8. The van der Waals surface area contributed by atoms with Crippen LogP contribution in [0.25, 0.3) is 11.1 Å². The van der Waals surface area contributed by atoms with Crippen LogP contribution in [0.4, 0.5) is 10.2 Å². The molecule has 2 aromatic carbocycles. The van der Waals surface area contributed by atoms with Crippen LogP contribution in [0.3, 0.4) is 0 Å². The van der Waals surface area contributed by atoms with E-state index in [1.165, 1.54) is 19.2 Å². The quantitative estimate of drug-likeness (QED) is 0.475. The van der Waals surface area contributed by atoms with Gasteiger partial charge in [0.1, 0.15) is 0 Å². The molecule has 142 valence electrons. The van der Waals surface area contributed by atoms with Crippen molar-refractivity contribution >= 4 is 23.4 Å². The topological polar surface area (TPSA) is 114 Å². The molecule has 8 nitrogen and oxygen atoms in total. The number of carboxylic acids is 1. The Kier molecular flexibility index (Phi) is 6.45. The highest BCUT2D eigenvalue weighted by molar-refractivity contribution is 6.02. The molecular weight excluding hydrogens is 359 g/mol. The third-order valence-electron chi connectivity index (χ3n) is 3.71. The maximum Gasteiger partial charge on any atom is 0.374 e. The Bertz CT molecular complexity index is 871. The molecule has 0 bridgehead atoms. The highest BCUT2D eigenvalue weighted by atomic mass is 19.3. The molecule has 0 spiro atoms. The van der Waals surface area contributed by atoms with Crippen LogP contribution < -0.4 is 15.6 Å². The predicted molar refractivity (Wildman–Crippen MR) is 93.8 cm³/mol. The first kappa shape index (κ1) is 19.9. The van der Waals surface area contributed by atoms with Crippen molar-refractivity contribution in [2.75, 3.05) is 12.5 Å². The molecule has 0 aliphatic carbocycles. The second-order valence-electron chi connectivity index (χ2n) is 5.48. The predicted octanol–water partition coefficient (Wildman–Crippen LogP) is 2.36. The van der Waals surface area contributed by atoms with E-state index in [9.17, 15) is 18.9 Å². The van der Waals surface area contributed by atoms with Crippen LogP contribution in [0.15, 0.2) is 42.5 Å². The lowest BCUT2D eigenvalue weighted by Gasteiger charge is -2.18. The number of ether oxygens (including phenoxy) is 1. The second kappa shape index (κ2) is 8.77. The molecule has 0 saturated carbocycles. The van der Waals surface area contributed by atoms with Crippen LogP contribution in [-0.2, 0) is 14.5 Å². The molecule has 2 aromatic rings. The molecule has 27 heavy (non-hydrogen) atoms. The maximum atomic E-state index is 12.1. The highest BCUT2D eigenvalue weighted by Crippen LogP contribution is 2.36. The van der Waals surface area contributed by atoms with Gasteiger partial charge in [-0.25, -0.2) is 15.0 Å². The van der Waals surface area contributed by atoms with Crippen LogP contribution >= 0.6 is 0 Å². The first-order valence-corrected chi connectivity index (χ1v) is 7.74. The summed E-state index contributed by atoms with van der Waals surface area (Å²) in [7, 11) is 1.41. The van der Waals surface area contributed by atoms with Gasteiger partial charge in [-0.15, -0.1) is 0 Å². The number of carboxylic acid groups (broad SMARTS) is 1. The van der Waals surface area contributed by atoms with Gasteiger partial charge in [0.25, 0.3) is 0 Å². The fourth-order valence-electron chi connectivity index (χ4n) is 2.42. The number of aromatic carboxylic acids is 1. The summed E-state index contributed by atoms with van der Waals surface area (Å²) in [6, 6.07) is 9.65. The van der Waals surface area contributed by atoms with Crippen molar-refractivity contribution in [3.05, 3.63) is 48.0 Å². The molecule has 3 N–H and O–H groups in total. The molecule has 0 fully saturated rings. The van der Waals surface area contributed by atoms with Gasteiger partial charge in [0.05, 0.1) is 18.4 Å². The molecule has 0 aliphatic rings. The van der Waals surface area contributed by atoms with E-state index >= 15 is 0 Å². The van der Waals surface area contributed by atoms with Gasteiger partial charge in [0.2, 0.25) is 0 Å². The number of para-hydroxylation sites is 1. The fourth-order valence-corrected chi connectivity index (χ4v) is 2.42. The second-order valence-corrected chi connectivity index (χ2v) is 5.48. The third kappa shape index (κ3) is 4.59. The van der Waals surface area contributed by atoms with E-state index in [-0.39, 0.29) is 5.56 Å². The fraction of sp³-hybridized carbons (Fsp3) is 0.167. The Hall–Kier alpha value is -3.46. The van der Waals surface area contributed by atoms with Crippen molar-refractivity contribution in [1.82, 2.24) is 5.43 Å². The van der Waals surface area contributed by atoms with Crippen LogP contribution in [-0.4, -0.2) is 36.0 Å². The molecule has 2 rings (SSSR count). The van der Waals surface area contributed by atoms with Gasteiger partial charge in [0.15, 0.2) is 17.6 Å². The summed E-state index contributed by atoms with van der Waals surface area (Å²) >= 11 is 0. The first-order valence-electron chi connectivity index (χ1n) is 7.74. The van der Waals surface area contributed by atoms with Gasteiger partial charge in [-0.2, -0.15) is 0 Å². The van der Waals surface area contributed by atoms with Gasteiger partial charge >= 0.3 is 11.9 Å². The number of carbonyl (C=O) groups is 3. The number of carbonyl (C=O) groups excluding carboxylic acids is 2. The van der Waals surface area contributed by atoms with Crippen molar-refractivity contribution < 1.29 is 33.7 Å². The number of anilines is 1. The van der Waals surface area contributed by atoms with Crippen LogP contribution in [0.2, 0.25) is 0 Å². The summed E-state index contributed by atoms with van der Waals surface area (Å²) in [6.45, 7) is 1.10. The van der Waals surface area contributed by atoms with Crippen molar-refractivity contribution in [3.63, 3.8) is 0 Å². The lowest BCUT2D eigenvalue weighted by atomic mass is 10.0. The number of halogens is 1. The van der Waals surface area contributed by atoms with E-state index in [0.29, 0.717) is 22.6 Å². The third-order valence-corrected chi connectivity index (χ3v) is 3.71. The number of hydrogen-bond donors (Lipinski definition) is 3. The zero-order valence-electron chi connectivity index (χ0n) is 14.5. The van der Waals surface area contributed by atoms with Crippen molar-refractivity contribution in [2.24, 2.45) is 0 Å². The van der Waals surface area contributed by atoms with Gasteiger partial charge in [-0.05, 0) is 30.7 Å². The molecule has 0 aromatic heterocycles. The van der Waals surface area contributed by atoms with Crippen LogP contribution in [0, 0.1) is 0 Å². The first-order chi connectivity index (χ1) is 12.9. The zero-order valence-corrected chi connectivity index (χ0v) is 14.5. The molecular formula is C18H17FN2O6. The van der Waals surface area contributed by atoms with Crippen molar-refractivity contribution in [1.29, 1.82) is 0 Å². The van der Waals surface area contributed by atoms with E-state index in [2.05, 4.69) is 15.8 Å². The summed E-state index contributed by atoms with van der Waals surface area (Å²) < 4.78 is 17.5. The monoisotopic (exact) mass is 376 g/mol. The van der Waals surface area contributed by atoms with E-state index in [1.54, 1.807) is 30.3 Å². The molecule has 0 saturated heterocycles. The molecule has 0 aliphatic heterocycles. The number of hydrogen-bond acceptors (Lipinski definition) is 7. The van der Waals surface area contributed by atoms with Crippen molar-refractivity contribution in [3.8, 4) is 16.9 Å². The van der Waals surface area contributed by atoms with Crippen LogP contribution in [0.1, 0.15) is 17.3 Å². The summed E-state index contributed by atoms with van der Waals surface area (Å²) in [6.07, 6.45) is 0. The zero-order chi connectivity index (χ0) is 20.0. The Morgan fingerprint density at radius 3 is 2.44 bits per heavy atom. The average molecular weight is 376 g/mol. The summed E-state index contributed by atoms with van der Waals surface area (Å²) in [5.41, 5.74) is 6.61. The highest BCUT2D eigenvalue weighted by Gasteiger charge is 2.26. The maximum absolute atomic E-state index is 12.1. The number of Topliss-reactive ketones (excluding diaryl/α,β-unsaturated/α-hetero) is 1. The Morgan fingerprint density at radius 2 is 1.85 bits per heavy atom. The minimum Gasteiger partial charge on any atom is -0.494 e. The van der Waals surface area contributed by atoms with Gasteiger partial charge in [0, 0.05) is 10.1 Å². The number of methoxy groups -OCH3 is 1. The SMILES string of the molecule is COc1c(NNC(C(C)=O)C(=O)OF)cccc1-c1cccc(C(=O)O)c1. The smallest absolute Gasteiger partial charge is 0.374 e. The molecule has 0 amide bonds. The molecule has 0 heterocycles. The van der Waals surface area contributed by atoms with Crippen LogP contribution in [0.5, 0.6) is 5.75 Å². The lowest BCUT2D eigenvalue weighted by molar-refractivity contribution is -0.186. The minimum absolute atomic E-state index is 0.105. The molecule has 0 radical (unpaired) electrons. The largest absolute Gasteiger partial charge is 0.494 e. The number of hydrazine groups is 1. The lowest BCUT2D eigenvalue weighted by Crippen LogP contribution is -2.45. The standard InChI is InChI=1S/C18H17FN2O6/c1-10(22)15(18(25)27-19)21-20-14-8-4-7-13(16(14)26-2)11-5-3-6-12(9-11)17(23)24/h3-9,15,20-21H,1-2H3,(H,23,24). The van der Waals surface area contributed by atoms with Crippen molar-refractivity contribution in [2.45, 2.75) is 13.0 Å². The van der Waals surface area contributed by atoms with Gasteiger partial charge in [-0.1, -0.05) is 24.3 Å². The Labute approximate surface area is 153 Å². The Morgan fingerprint density at radius 1 is 1.15 bits per heavy atom. The van der Waals surface area contributed by atoms with E-state index in [4.69, 9.17) is 9.84 Å². The number of nitrogens with one attached hydrogen (secondary N) is 2.